The van der Waals surface area contributed by atoms with E-state index in [2.05, 4.69) is 5.10 Å². The van der Waals surface area contributed by atoms with Gasteiger partial charge in [-0.05, 0) is 5.56 Å². The number of nitrogens with two attached hydrogens (primary N) is 1. The molecule has 1 amide bonds. The Morgan fingerprint density at radius 3 is 2.54 bits per heavy atom. The maximum absolute atomic E-state index is 11.0. The lowest BCUT2D eigenvalue weighted by Gasteiger charge is -1.98. The van der Waals surface area contributed by atoms with E-state index in [0.717, 1.165) is 16.4 Å². The number of hydrazine groups is 1. The van der Waals surface area contributed by atoms with Gasteiger partial charge in [-0.3, -0.25) is 4.79 Å². The second kappa shape index (κ2) is 2.99. The third kappa shape index (κ3) is 1.43. The molecule has 0 fully saturated rings. The summed E-state index contributed by atoms with van der Waals surface area (Å²) in [5.41, 5.74) is 1.68. The molecule has 0 radical (unpaired) electrons. The van der Waals surface area contributed by atoms with Gasteiger partial charge in [-0.25, -0.2) is 5.84 Å². The van der Waals surface area contributed by atoms with E-state index in [1.165, 1.54) is 0 Å². The molecule has 0 spiro atoms. The molecule has 2 N–H and O–H groups in total. The summed E-state index contributed by atoms with van der Waals surface area (Å²) in [5, 5.41) is 4.81. The van der Waals surface area contributed by atoms with Crippen LogP contribution in [0.1, 0.15) is 12.0 Å². The van der Waals surface area contributed by atoms with E-state index in [4.69, 9.17) is 5.84 Å². The summed E-state index contributed by atoms with van der Waals surface area (Å²) < 4.78 is 0. The highest BCUT2D eigenvalue weighted by atomic mass is 16.2. The topological polar surface area (TPSA) is 58.7 Å². The quantitative estimate of drug-likeness (QED) is 0.499. The molecule has 0 atom stereocenters. The van der Waals surface area contributed by atoms with E-state index < -0.39 is 0 Å². The molecule has 0 aliphatic carbocycles. The molecular weight excluding hydrogens is 166 g/mol. The van der Waals surface area contributed by atoms with Gasteiger partial charge in [-0.15, -0.1) is 0 Å². The van der Waals surface area contributed by atoms with Crippen molar-refractivity contribution in [3.63, 3.8) is 0 Å². The maximum Gasteiger partial charge on any atom is 0.263 e. The van der Waals surface area contributed by atoms with Crippen LogP contribution < -0.4 is 5.84 Å². The molecule has 0 aromatic heterocycles. The average Bonchev–Trinajstić information content (AvgIpc) is 2.49. The number of carbonyl (C=O) groups excluding carboxylic acids is 1. The van der Waals surface area contributed by atoms with E-state index in [9.17, 15) is 4.79 Å². The first kappa shape index (κ1) is 7.94. The van der Waals surface area contributed by atoms with Gasteiger partial charge in [0, 0.05) is 0 Å². The highest BCUT2D eigenvalue weighted by molar-refractivity contribution is 6.13. The zero-order valence-electron chi connectivity index (χ0n) is 6.97. The molecule has 0 saturated carbocycles. The summed E-state index contributed by atoms with van der Waals surface area (Å²) in [6.45, 7) is 0. The lowest BCUT2D eigenvalue weighted by molar-refractivity contribution is -0.128. The molecule has 4 nitrogen and oxygen atoms in total. The molecule has 1 aliphatic heterocycles. The summed E-state index contributed by atoms with van der Waals surface area (Å²) in [5.74, 6) is 5.13. The molecule has 2 rings (SSSR count). The number of hydrogen-bond donors (Lipinski definition) is 1. The minimum atomic E-state index is -0.168. The van der Waals surface area contributed by atoms with Crippen molar-refractivity contribution in [2.24, 2.45) is 10.9 Å². The van der Waals surface area contributed by atoms with Crippen molar-refractivity contribution in [2.75, 3.05) is 0 Å². The van der Waals surface area contributed by atoms with Crippen LogP contribution in [0, 0.1) is 0 Å². The molecule has 0 unspecified atom stereocenters. The Hall–Kier alpha value is -1.68. The Morgan fingerprint density at radius 1 is 1.31 bits per heavy atom. The normalized spacial score (nSPS) is 16.2. The molecule has 1 aromatic rings. The molecular formula is C9H9N3O. The first-order chi connectivity index (χ1) is 6.27. The molecule has 1 aliphatic rings. The summed E-state index contributed by atoms with van der Waals surface area (Å²) in [6.07, 6.45) is 0.292. The maximum atomic E-state index is 11.0. The van der Waals surface area contributed by atoms with Gasteiger partial charge < -0.3 is 0 Å². The van der Waals surface area contributed by atoms with E-state index in [1.54, 1.807) is 0 Å². The second-order valence-electron chi connectivity index (χ2n) is 2.83. The number of nitrogens with zero attached hydrogens (tertiary/aromatic N) is 2. The van der Waals surface area contributed by atoms with Gasteiger partial charge in [0.05, 0.1) is 12.1 Å². The first-order valence-electron chi connectivity index (χ1n) is 3.98. The highest BCUT2D eigenvalue weighted by Crippen LogP contribution is 2.11. The minimum Gasteiger partial charge on any atom is -0.271 e. The first-order valence-corrected chi connectivity index (χ1v) is 3.98. The SMILES string of the molecule is NN1N=C(c2ccccc2)CC1=O. The van der Waals surface area contributed by atoms with Crippen molar-refractivity contribution in [1.29, 1.82) is 0 Å². The fourth-order valence-corrected chi connectivity index (χ4v) is 1.24. The van der Waals surface area contributed by atoms with Crippen LogP contribution in [-0.2, 0) is 4.79 Å². The predicted octanol–water partition coefficient (Wildman–Crippen LogP) is 0.497. The third-order valence-corrected chi connectivity index (χ3v) is 1.91. The van der Waals surface area contributed by atoms with Crippen molar-refractivity contribution < 1.29 is 4.79 Å². The van der Waals surface area contributed by atoms with Crippen molar-refractivity contribution in [1.82, 2.24) is 5.12 Å². The van der Waals surface area contributed by atoms with Gasteiger partial charge in [0.1, 0.15) is 0 Å². The molecule has 0 bridgehead atoms. The molecule has 4 heteroatoms. The lowest BCUT2D eigenvalue weighted by Crippen LogP contribution is -2.27. The van der Waals surface area contributed by atoms with E-state index in [1.807, 2.05) is 30.3 Å². The van der Waals surface area contributed by atoms with Crippen LogP contribution in [0.4, 0.5) is 0 Å². The number of amides is 1. The van der Waals surface area contributed by atoms with Crippen molar-refractivity contribution in [3.05, 3.63) is 35.9 Å². The Labute approximate surface area is 75.6 Å². The monoisotopic (exact) mass is 175 g/mol. The molecule has 13 heavy (non-hydrogen) atoms. The smallest absolute Gasteiger partial charge is 0.263 e. The van der Waals surface area contributed by atoms with E-state index in [-0.39, 0.29) is 5.91 Å². The largest absolute Gasteiger partial charge is 0.271 e. The molecule has 1 heterocycles. The van der Waals surface area contributed by atoms with Crippen LogP contribution in [-0.4, -0.2) is 16.7 Å². The van der Waals surface area contributed by atoms with Crippen molar-refractivity contribution in [2.45, 2.75) is 6.42 Å². The zero-order valence-corrected chi connectivity index (χ0v) is 6.97. The number of rotatable bonds is 1. The molecule has 1 aromatic carbocycles. The Balaban J connectivity index is 2.30. The summed E-state index contributed by atoms with van der Waals surface area (Å²) in [4.78, 5) is 11.0. The van der Waals surface area contributed by atoms with Gasteiger partial charge >= 0.3 is 0 Å². The lowest BCUT2D eigenvalue weighted by atomic mass is 10.1. The van der Waals surface area contributed by atoms with Crippen LogP contribution in [0.15, 0.2) is 35.4 Å². The third-order valence-electron chi connectivity index (χ3n) is 1.91. The van der Waals surface area contributed by atoms with Gasteiger partial charge in [0.2, 0.25) is 0 Å². The number of hydrogen-bond acceptors (Lipinski definition) is 3. The predicted molar refractivity (Wildman–Crippen MR) is 48.6 cm³/mol. The summed E-state index contributed by atoms with van der Waals surface area (Å²) in [6, 6.07) is 9.54. The Morgan fingerprint density at radius 2 is 2.00 bits per heavy atom. The van der Waals surface area contributed by atoms with Crippen LogP contribution in [0.2, 0.25) is 0 Å². The fraction of sp³-hybridized carbons (Fsp3) is 0.111. The fourth-order valence-electron chi connectivity index (χ4n) is 1.24. The summed E-state index contributed by atoms with van der Waals surface area (Å²) >= 11 is 0. The van der Waals surface area contributed by atoms with Crippen LogP contribution in [0.5, 0.6) is 0 Å². The van der Waals surface area contributed by atoms with Crippen LogP contribution in [0.3, 0.4) is 0 Å². The number of carbonyl (C=O) groups is 1. The molecule has 66 valence electrons. The van der Waals surface area contributed by atoms with Gasteiger partial charge in [-0.2, -0.15) is 10.2 Å². The number of hydrazone groups is 1. The van der Waals surface area contributed by atoms with Gasteiger partial charge in [0.15, 0.2) is 0 Å². The Bertz CT molecular complexity index is 358. The van der Waals surface area contributed by atoms with Crippen molar-refractivity contribution >= 4 is 11.6 Å². The van der Waals surface area contributed by atoms with E-state index in [0.29, 0.717) is 6.42 Å². The van der Waals surface area contributed by atoms with Crippen molar-refractivity contribution in [3.8, 4) is 0 Å². The summed E-state index contributed by atoms with van der Waals surface area (Å²) in [7, 11) is 0. The van der Waals surface area contributed by atoms with Crippen LogP contribution >= 0.6 is 0 Å². The molecule has 0 saturated heterocycles. The second-order valence-corrected chi connectivity index (χ2v) is 2.83. The van der Waals surface area contributed by atoms with E-state index >= 15 is 0 Å². The average molecular weight is 175 g/mol. The van der Waals surface area contributed by atoms with Crippen LogP contribution in [0.25, 0.3) is 0 Å². The minimum absolute atomic E-state index is 0.168. The van der Waals surface area contributed by atoms with Gasteiger partial charge in [-0.1, -0.05) is 30.3 Å². The van der Waals surface area contributed by atoms with Gasteiger partial charge in [0.25, 0.3) is 5.91 Å². The zero-order chi connectivity index (χ0) is 9.26. The highest BCUT2D eigenvalue weighted by Gasteiger charge is 2.21. The number of benzene rings is 1. The standard InChI is InChI=1S/C9H9N3O/c10-12-9(13)6-8(11-12)7-4-2-1-3-5-7/h1-5H,6,10H2. The Kier molecular flexibility index (Phi) is 1.83.